The average Bonchev–Trinajstić information content (AvgIpc) is 2.84. The predicted octanol–water partition coefficient (Wildman–Crippen LogP) is 4.32. The Morgan fingerprint density at radius 1 is 0.958 bits per heavy atom. The lowest BCUT2D eigenvalue weighted by Crippen LogP contribution is -2.54. The predicted molar refractivity (Wildman–Crippen MR) is 93.3 cm³/mol. The van der Waals surface area contributed by atoms with Crippen LogP contribution in [-0.4, -0.2) is 23.3 Å². The summed E-state index contributed by atoms with van der Waals surface area (Å²) in [5.41, 5.74) is 0.632. The van der Waals surface area contributed by atoms with Gasteiger partial charge >= 0.3 is 5.97 Å². The fourth-order valence-corrected chi connectivity index (χ4v) is 7.58. The highest BCUT2D eigenvalue weighted by Crippen LogP contribution is 2.66. The van der Waals surface area contributed by atoms with Crippen LogP contribution >= 0.6 is 0 Å². The highest BCUT2D eigenvalue weighted by Gasteiger charge is 2.60. The molecule has 3 heteroatoms. The molecule has 4 aliphatic rings. The van der Waals surface area contributed by atoms with Crippen LogP contribution < -0.4 is 0 Å². The lowest BCUT2D eigenvalue weighted by Gasteiger charge is -2.60. The molecule has 136 valence electrons. The maximum absolute atomic E-state index is 11.5. The van der Waals surface area contributed by atoms with Crippen LogP contribution in [0, 0.1) is 34.5 Å². The molecule has 0 unspecified atom stereocenters. The van der Waals surface area contributed by atoms with Gasteiger partial charge in [-0.2, -0.15) is 0 Å². The molecule has 0 aromatic heterocycles. The minimum absolute atomic E-state index is 0.0618. The molecular formula is C21H34O3. The van der Waals surface area contributed by atoms with E-state index in [1.807, 2.05) is 0 Å². The zero-order chi connectivity index (χ0) is 17.1. The molecule has 0 aliphatic heterocycles. The molecule has 1 N–H and O–H groups in total. The van der Waals surface area contributed by atoms with Crippen molar-refractivity contribution < 1.29 is 14.6 Å². The Bertz CT molecular complexity index is 517. The Kier molecular flexibility index (Phi) is 4.02. The van der Waals surface area contributed by atoms with Gasteiger partial charge in [-0.3, -0.25) is 4.79 Å². The van der Waals surface area contributed by atoms with Gasteiger partial charge in [-0.05, 0) is 86.9 Å². The van der Waals surface area contributed by atoms with Gasteiger partial charge in [-0.25, -0.2) is 0 Å². The number of carbonyl (C=O) groups excluding carboxylic acids is 1. The van der Waals surface area contributed by atoms with Gasteiger partial charge in [0.05, 0.1) is 6.10 Å². The molecule has 8 atom stereocenters. The molecule has 0 bridgehead atoms. The first kappa shape index (κ1) is 16.9. The summed E-state index contributed by atoms with van der Waals surface area (Å²) in [6.45, 7) is 6.48. The molecule has 4 saturated carbocycles. The molecule has 0 aromatic rings. The van der Waals surface area contributed by atoms with E-state index >= 15 is 0 Å². The fraction of sp³-hybridized carbons (Fsp3) is 0.952. The van der Waals surface area contributed by atoms with E-state index in [1.54, 1.807) is 6.92 Å². The summed E-state index contributed by atoms with van der Waals surface area (Å²) < 4.78 is 5.74. The zero-order valence-corrected chi connectivity index (χ0v) is 15.6. The number of aliphatic hydroxyl groups is 1. The second kappa shape index (κ2) is 5.72. The van der Waals surface area contributed by atoms with Crippen LogP contribution in [0.1, 0.15) is 78.6 Å². The average molecular weight is 335 g/mol. The number of ether oxygens (including phenoxy) is 1. The number of carbonyl (C=O) groups is 1. The van der Waals surface area contributed by atoms with Gasteiger partial charge in [0.2, 0.25) is 0 Å². The number of fused-ring (bicyclic) bond motifs is 5. The Labute approximate surface area is 146 Å². The molecule has 0 amide bonds. The van der Waals surface area contributed by atoms with Crippen molar-refractivity contribution in [1.29, 1.82) is 0 Å². The van der Waals surface area contributed by atoms with Crippen molar-refractivity contribution >= 4 is 5.97 Å². The molecule has 24 heavy (non-hydrogen) atoms. The lowest BCUT2D eigenvalue weighted by atomic mass is 9.45. The quantitative estimate of drug-likeness (QED) is 0.726. The van der Waals surface area contributed by atoms with Crippen LogP contribution in [0.25, 0.3) is 0 Å². The molecular weight excluding hydrogens is 300 g/mol. The van der Waals surface area contributed by atoms with E-state index in [4.69, 9.17) is 4.74 Å². The highest BCUT2D eigenvalue weighted by molar-refractivity contribution is 5.66. The molecule has 0 saturated heterocycles. The van der Waals surface area contributed by atoms with Crippen LogP contribution in [0.2, 0.25) is 0 Å². The topological polar surface area (TPSA) is 46.5 Å². The van der Waals surface area contributed by atoms with Crippen LogP contribution in [0.3, 0.4) is 0 Å². The molecule has 0 spiro atoms. The van der Waals surface area contributed by atoms with Gasteiger partial charge in [-0.15, -0.1) is 0 Å². The SMILES string of the molecule is CC(=O)O[C@H]1CC[C@H]2[C@@H]3CC[C@@H]4C[C@@H](O)CC[C@]4(C)[C@H]3CC[C@]12C. The van der Waals surface area contributed by atoms with Crippen LogP contribution in [0.4, 0.5) is 0 Å². The normalized spacial score (nSPS) is 53.7. The second-order valence-electron chi connectivity index (χ2n) is 9.81. The maximum Gasteiger partial charge on any atom is 0.302 e. The summed E-state index contributed by atoms with van der Waals surface area (Å²) in [5.74, 6) is 2.96. The van der Waals surface area contributed by atoms with Gasteiger partial charge in [0.15, 0.2) is 0 Å². The smallest absolute Gasteiger partial charge is 0.302 e. The summed E-state index contributed by atoms with van der Waals surface area (Å²) in [5, 5.41) is 10.1. The number of aliphatic hydroxyl groups excluding tert-OH is 1. The van der Waals surface area contributed by atoms with Crippen molar-refractivity contribution in [3.05, 3.63) is 0 Å². The highest BCUT2D eigenvalue weighted by atomic mass is 16.5. The van der Waals surface area contributed by atoms with E-state index in [9.17, 15) is 9.90 Å². The number of hydrogen-bond acceptors (Lipinski definition) is 3. The maximum atomic E-state index is 11.5. The van der Waals surface area contributed by atoms with Crippen LogP contribution in [-0.2, 0) is 9.53 Å². The molecule has 4 aliphatic carbocycles. The van der Waals surface area contributed by atoms with Crippen LogP contribution in [0.15, 0.2) is 0 Å². The second-order valence-corrected chi connectivity index (χ2v) is 9.81. The van der Waals surface area contributed by atoms with E-state index in [0.29, 0.717) is 5.41 Å². The van der Waals surface area contributed by atoms with Crippen molar-refractivity contribution in [2.45, 2.75) is 90.8 Å². The first-order valence-corrected chi connectivity index (χ1v) is 10.2. The monoisotopic (exact) mass is 334 g/mol. The molecule has 0 aromatic carbocycles. The zero-order valence-electron chi connectivity index (χ0n) is 15.6. The minimum atomic E-state index is -0.110. The largest absolute Gasteiger partial charge is 0.462 e. The van der Waals surface area contributed by atoms with Crippen molar-refractivity contribution in [1.82, 2.24) is 0 Å². The third kappa shape index (κ3) is 2.37. The lowest BCUT2D eigenvalue weighted by molar-refractivity contribution is -0.163. The fourth-order valence-electron chi connectivity index (χ4n) is 7.58. The Balaban J connectivity index is 1.57. The molecule has 0 heterocycles. The molecule has 3 nitrogen and oxygen atoms in total. The number of hydrogen-bond donors (Lipinski definition) is 1. The van der Waals surface area contributed by atoms with Gasteiger partial charge in [0.1, 0.15) is 6.10 Å². The Morgan fingerprint density at radius 3 is 2.42 bits per heavy atom. The van der Waals surface area contributed by atoms with Gasteiger partial charge in [-0.1, -0.05) is 13.8 Å². The Hall–Kier alpha value is -0.570. The van der Waals surface area contributed by atoms with Crippen molar-refractivity contribution in [2.24, 2.45) is 34.5 Å². The number of esters is 1. The summed E-state index contributed by atoms with van der Waals surface area (Å²) in [6, 6.07) is 0. The van der Waals surface area contributed by atoms with E-state index in [0.717, 1.165) is 42.9 Å². The first-order chi connectivity index (χ1) is 11.3. The van der Waals surface area contributed by atoms with Crippen molar-refractivity contribution in [2.75, 3.05) is 0 Å². The van der Waals surface area contributed by atoms with Crippen LogP contribution in [0.5, 0.6) is 0 Å². The third-order valence-electron chi connectivity index (χ3n) is 8.86. The van der Waals surface area contributed by atoms with Gasteiger partial charge in [0.25, 0.3) is 0 Å². The molecule has 0 radical (unpaired) electrons. The summed E-state index contributed by atoms with van der Waals surface area (Å²) >= 11 is 0. The molecule has 4 fully saturated rings. The Morgan fingerprint density at radius 2 is 1.67 bits per heavy atom. The third-order valence-corrected chi connectivity index (χ3v) is 8.86. The van der Waals surface area contributed by atoms with E-state index in [1.165, 1.54) is 38.5 Å². The molecule has 4 rings (SSSR count). The van der Waals surface area contributed by atoms with Crippen molar-refractivity contribution in [3.63, 3.8) is 0 Å². The van der Waals surface area contributed by atoms with Gasteiger partial charge < -0.3 is 9.84 Å². The van der Waals surface area contributed by atoms with E-state index < -0.39 is 0 Å². The van der Waals surface area contributed by atoms with E-state index in [2.05, 4.69) is 13.8 Å². The summed E-state index contributed by atoms with van der Waals surface area (Å²) in [6.07, 6.45) is 10.7. The van der Waals surface area contributed by atoms with Gasteiger partial charge in [0, 0.05) is 12.3 Å². The minimum Gasteiger partial charge on any atom is -0.462 e. The van der Waals surface area contributed by atoms with E-state index in [-0.39, 0.29) is 23.6 Å². The number of rotatable bonds is 1. The summed E-state index contributed by atoms with van der Waals surface area (Å²) in [4.78, 5) is 11.5. The summed E-state index contributed by atoms with van der Waals surface area (Å²) in [7, 11) is 0. The van der Waals surface area contributed by atoms with Crippen molar-refractivity contribution in [3.8, 4) is 0 Å². The standard InChI is InChI=1S/C21H34O3/c1-13(22)24-19-7-6-17-16-5-4-14-12-15(23)8-10-20(14,2)18(16)9-11-21(17,19)3/h14-19,23H,4-12H2,1-3H3/t14-,15+,16+,17+,18+,19+,20+,21+/m1/s1. The first-order valence-electron chi connectivity index (χ1n) is 10.2.